The van der Waals surface area contributed by atoms with Gasteiger partial charge in [0, 0.05) is 12.4 Å². The zero-order chi connectivity index (χ0) is 12.4. The summed E-state index contributed by atoms with van der Waals surface area (Å²) in [5.41, 5.74) is 7.44. The van der Waals surface area contributed by atoms with Crippen LogP contribution in [0.3, 0.4) is 0 Å². The van der Waals surface area contributed by atoms with E-state index >= 15 is 0 Å². The Hall–Kier alpha value is -2.55. The SMILES string of the molecule is Cc1cnc(-c2nc(C)c(C#N)c(N)n2)nc1. The van der Waals surface area contributed by atoms with E-state index in [1.165, 1.54) is 0 Å². The number of aryl methyl sites for hydroxylation is 2. The van der Waals surface area contributed by atoms with Crippen molar-refractivity contribution in [3.05, 3.63) is 29.2 Å². The molecule has 6 nitrogen and oxygen atoms in total. The topological polar surface area (TPSA) is 101 Å². The van der Waals surface area contributed by atoms with Gasteiger partial charge in [0.1, 0.15) is 17.5 Å². The van der Waals surface area contributed by atoms with Crippen LogP contribution < -0.4 is 5.73 Å². The molecule has 0 fully saturated rings. The fourth-order valence-corrected chi connectivity index (χ4v) is 1.34. The number of hydrogen-bond acceptors (Lipinski definition) is 6. The van der Waals surface area contributed by atoms with Gasteiger partial charge < -0.3 is 5.73 Å². The number of anilines is 1. The van der Waals surface area contributed by atoms with Crippen LogP contribution in [0.2, 0.25) is 0 Å². The highest BCUT2D eigenvalue weighted by Gasteiger charge is 2.11. The van der Waals surface area contributed by atoms with Gasteiger partial charge in [0.25, 0.3) is 0 Å². The number of nitrogens with zero attached hydrogens (tertiary/aromatic N) is 5. The Bertz CT molecular complexity index is 573. The maximum atomic E-state index is 8.86. The normalized spacial score (nSPS) is 9.94. The van der Waals surface area contributed by atoms with E-state index in [1.807, 2.05) is 13.0 Å². The van der Waals surface area contributed by atoms with Gasteiger partial charge in [-0.2, -0.15) is 5.26 Å². The number of nitrogens with two attached hydrogens (primary N) is 1. The van der Waals surface area contributed by atoms with Crippen LogP contribution in [-0.2, 0) is 0 Å². The highest BCUT2D eigenvalue weighted by molar-refractivity contribution is 5.56. The summed E-state index contributed by atoms with van der Waals surface area (Å²) in [6, 6.07) is 1.96. The van der Waals surface area contributed by atoms with Crippen molar-refractivity contribution in [2.75, 3.05) is 5.73 Å². The highest BCUT2D eigenvalue weighted by atomic mass is 15.0. The zero-order valence-electron chi connectivity index (χ0n) is 9.47. The summed E-state index contributed by atoms with van der Waals surface area (Å²) in [5, 5.41) is 8.86. The summed E-state index contributed by atoms with van der Waals surface area (Å²) < 4.78 is 0. The molecule has 0 saturated carbocycles. The van der Waals surface area contributed by atoms with E-state index in [4.69, 9.17) is 11.0 Å². The molecule has 2 aromatic rings. The molecule has 0 aliphatic rings. The third-order valence-corrected chi connectivity index (χ3v) is 2.21. The zero-order valence-corrected chi connectivity index (χ0v) is 9.47. The molecule has 0 aromatic carbocycles. The van der Waals surface area contributed by atoms with E-state index in [1.54, 1.807) is 19.3 Å². The Morgan fingerprint density at radius 3 is 2.29 bits per heavy atom. The van der Waals surface area contributed by atoms with Crippen molar-refractivity contribution in [3.63, 3.8) is 0 Å². The second-order valence-electron chi connectivity index (χ2n) is 3.59. The molecule has 2 heterocycles. The molecule has 0 radical (unpaired) electrons. The first-order valence-corrected chi connectivity index (χ1v) is 4.95. The summed E-state index contributed by atoms with van der Waals surface area (Å²) in [6.45, 7) is 3.59. The molecule has 0 bridgehead atoms. The quantitative estimate of drug-likeness (QED) is 0.778. The van der Waals surface area contributed by atoms with E-state index < -0.39 is 0 Å². The average Bonchev–Trinajstić information content (AvgIpc) is 2.29. The van der Waals surface area contributed by atoms with Crippen LogP contribution in [0.1, 0.15) is 16.8 Å². The lowest BCUT2D eigenvalue weighted by Crippen LogP contribution is -2.04. The molecule has 84 valence electrons. The minimum atomic E-state index is 0.152. The number of nitriles is 1. The van der Waals surface area contributed by atoms with Gasteiger partial charge in [-0.1, -0.05) is 0 Å². The van der Waals surface area contributed by atoms with Gasteiger partial charge in [0.15, 0.2) is 11.6 Å². The molecule has 0 amide bonds. The average molecular weight is 226 g/mol. The van der Waals surface area contributed by atoms with E-state index in [-0.39, 0.29) is 5.82 Å². The predicted octanol–water partition coefficient (Wildman–Crippen LogP) is 1.00. The van der Waals surface area contributed by atoms with E-state index in [9.17, 15) is 0 Å². The molecule has 0 aliphatic heterocycles. The van der Waals surface area contributed by atoms with Crippen molar-refractivity contribution in [2.45, 2.75) is 13.8 Å². The van der Waals surface area contributed by atoms with Crippen molar-refractivity contribution < 1.29 is 0 Å². The predicted molar refractivity (Wildman–Crippen MR) is 61.7 cm³/mol. The molecule has 2 N–H and O–H groups in total. The van der Waals surface area contributed by atoms with Gasteiger partial charge in [-0.05, 0) is 19.4 Å². The maximum absolute atomic E-state index is 8.86. The van der Waals surface area contributed by atoms with Crippen molar-refractivity contribution >= 4 is 5.82 Å². The molecular weight excluding hydrogens is 216 g/mol. The van der Waals surface area contributed by atoms with Crippen LogP contribution in [0.25, 0.3) is 11.6 Å². The Morgan fingerprint density at radius 1 is 1.12 bits per heavy atom. The number of rotatable bonds is 1. The van der Waals surface area contributed by atoms with Crippen LogP contribution in [0.15, 0.2) is 12.4 Å². The summed E-state index contributed by atoms with van der Waals surface area (Å²) in [6.07, 6.45) is 3.35. The van der Waals surface area contributed by atoms with E-state index in [0.29, 0.717) is 22.9 Å². The Balaban J connectivity index is 2.55. The standard InChI is InChI=1S/C11H10N6/c1-6-4-14-10(15-5-6)11-16-7(2)8(3-12)9(13)17-11/h4-5H,1-2H3,(H2,13,16,17). The summed E-state index contributed by atoms with van der Waals surface area (Å²) in [5.74, 6) is 0.882. The van der Waals surface area contributed by atoms with Gasteiger partial charge in [-0.25, -0.2) is 19.9 Å². The molecule has 0 atom stereocenters. The second kappa shape index (κ2) is 4.14. The molecule has 2 aromatic heterocycles. The van der Waals surface area contributed by atoms with Gasteiger partial charge in [0.2, 0.25) is 0 Å². The molecule has 0 saturated heterocycles. The third-order valence-electron chi connectivity index (χ3n) is 2.21. The lowest BCUT2D eigenvalue weighted by molar-refractivity contribution is 1.04. The van der Waals surface area contributed by atoms with E-state index in [2.05, 4.69) is 19.9 Å². The lowest BCUT2D eigenvalue weighted by Gasteiger charge is -2.04. The van der Waals surface area contributed by atoms with Gasteiger partial charge in [-0.3, -0.25) is 0 Å². The highest BCUT2D eigenvalue weighted by Crippen LogP contribution is 2.16. The number of nitrogen functional groups attached to an aromatic ring is 1. The van der Waals surface area contributed by atoms with Crippen LogP contribution in [0.4, 0.5) is 5.82 Å². The smallest absolute Gasteiger partial charge is 0.200 e. The Labute approximate surface area is 98.2 Å². The minimum Gasteiger partial charge on any atom is -0.382 e. The monoisotopic (exact) mass is 226 g/mol. The number of aromatic nitrogens is 4. The van der Waals surface area contributed by atoms with E-state index in [0.717, 1.165) is 5.56 Å². The first kappa shape index (κ1) is 11.0. The summed E-state index contributed by atoms with van der Waals surface area (Å²) in [7, 11) is 0. The summed E-state index contributed by atoms with van der Waals surface area (Å²) in [4.78, 5) is 16.4. The third kappa shape index (κ3) is 2.03. The molecular formula is C11H10N6. The Kier molecular flexibility index (Phi) is 2.66. The second-order valence-corrected chi connectivity index (χ2v) is 3.59. The molecule has 17 heavy (non-hydrogen) atoms. The lowest BCUT2D eigenvalue weighted by atomic mass is 10.2. The minimum absolute atomic E-state index is 0.152. The fourth-order valence-electron chi connectivity index (χ4n) is 1.34. The van der Waals surface area contributed by atoms with Gasteiger partial charge in [-0.15, -0.1) is 0 Å². The van der Waals surface area contributed by atoms with Crippen LogP contribution in [0.5, 0.6) is 0 Å². The molecule has 0 aliphatic carbocycles. The maximum Gasteiger partial charge on any atom is 0.200 e. The Morgan fingerprint density at radius 2 is 1.76 bits per heavy atom. The van der Waals surface area contributed by atoms with Crippen LogP contribution in [-0.4, -0.2) is 19.9 Å². The van der Waals surface area contributed by atoms with Crippen molar-refractivity contribution in [1.82, 2.24) is 19.9 Å². The molecule has 2 rings (SSSR count). The van der Waals surface area contributed by atoms with Crippen molar-refractivity contribution in [1.29, 1.82) is 5.26 Å². The van der Waals surface area contributed by atoms with Crippen LogP contribution >= 0.6 is 0 Å². The first-order valence-electron chi connectivity index (χ1n) is 4.95. The number of hydrogen-bond donors (Lipinski definition) is 1. The summed E-state index contributed by atoms with van der Waals surface area (Å²) >= 11 is 0. The van der Waals surface area contributed by atoms with Gasteiger partial charge >= 0.3 is 0 Å². The van der Waals surface area contributed by atoms with Gasteiger partial charge in [0.05, 0.1) is 5.69 Å². The van der Waals surface area contributed by atoms with Crippen molar-refractivity contribution in [2.24, 2.45) is 0 Å². The molecule has 0 unspecified atom stereocenters. The first-order chi connectivity index (χ1) is 8.11. The van der Waals surface area contributed by atoms with Crippen LogP contribution in [0, 0.1) is 25.2 Å². The largest absolute Gasteiger partial charge is 0.382 e. The van der Waals surface area contributed by atoms with Crippen molar-refractivity contribution in [3.8, 4) is 17.7 Å². The molecule has 6 heteroatoms. The fraction of sp³-hybridized carbons (Fsp3) is 0.182. The molecule has 0 spiro atoms.